The van der Waals surface area contributed by atoms with Gasteiger partial charge >= 0.3 is 0 Å². The van der Waals surface area contributed by atoms with Crippen LogP contribution < -0.4 is 5.32 Å². The number of aromatic amines is 1. The van der Waals surface area contributed by atoms with Gasteiger partial charge in [0, 0.05) is 23.3 Å². The second kappa shape index (κ2) is 8.09. The minimum Gasteiger partial charge on any atom is -0.354 e. The summed E-state index contributed by atoms with van der Waals surface area (Å²) < 4.78 is 0. The van der Waals surface area contributed by atoms with Gasteiger partial charge in [0.15, 0.2) is 0 Å². The molecule has 2 saturated heterocycles. The molecule has 3 rings (SSSR count). The number of amides is 1. The molecular weight excluding hydrogens is 326 g/mol. The van der Waals surface area contributed by atoms with Crippen LogP contribution in [0.5, 0.6) is 0 Å². The quantitative estimate of drug-likeness (QED) is 0.844. The Hall–Kier alpha value is -1.40. The number of rotatable bonds is 5. The number of H-pyrrole nitrogens is 1. The van der Waals surface area contributed by atoms with E-state index < -0.39 is 0 Å². The Kier molecular flexibility index (Phi) is 6.03. The van der Waals surface area contributed by atoms with Gasteiger partial charge in [-0.15, -0.1) is 0 Å². The number of carbonyl (C=O) groups excluding carboxylic acids is 1. The second-order valence-corrected chi connectivity index (χ2v) is 8.36. The fourth-order valence-corrected chi connectivity index (χ4v) is 4.74. The number of hydrogen-bond donors (Lipinski definition) is 2. The summed E-state index contributed by atoms with van der Waals surface area (Å²) in [6.07, 6.45) is 6.20. The fraction of sp³-hybridized carbons (Fsp3) is 0.800. The number of hydrogen-bond acceptors (Lipinski definition) is 4. The summed E-state index contributed by atoms with van der Waals surface area (Å²) in [6.45, 7) is 11.3. The van der Waals surface area contributed by atoms with E-state index in [0.717, 1.165) is 49.4 Å². The van der Waals surface area contributed by atoms with Crippen LogP contribution in [0.3, 0.4) is 0 Å². The van der Waals surface area contributed by atoms with E-state index >= 15 is 0 Å². The molecule has 2 aliphatic rings. The molecule has 1 aromatic rings. The lowest BCUT2D eigenvalue weighted by molar-refractivity contribution is -0.123. The molecule has 0 aliphatic carbocycles. The highest BCUT2D eigenvalue weighted by atomic mass is 16.1. The van der Waals surface area contributed by atoms with Crippen LogP contribution >= 0.6 is 0 Å². The van der Waals surface area contributed by atoms with Crippen molar-refractivity contribution >= 4 is 5.91 Å². The van der Waals surface area contributed by atoms with Gasteiger partial charge in [-0.2, -0.15) is 5.10 Å². The number of aromatic nitrogens is 2. The predicted octanol–water partition coefficient (Wildman–Crippen LogP) is 2.20. The molecular formula is C20H35N5O. The Labute approximate surface area is 157 Å². The van der Waals surface area contributed by atoms with Crippen LogP contribution in [-0.2, 0) is 4.79 Å². The van der Waals surface area contributed by atoms with Gasteiger partial charge in [0.25, 0.3) is 0 Å². The average molecular weight is 362 g/mol. The van der Waals surface area contributed by atoms with E-state index in [9.17, 15) is 4.79 Å². The maximum absolute atomic E-state index is 12.9. The highest BCUT2D eigenvalue weighted by Crippen LogP contribution is 2.31. The molecule has 2 aliphatic heterocycles. The van der Waals surface area contributed by atoms with Crippen LogP contribution in [0.4, 0.5) is 0 Å². The molecule has 0 spiro atoms. The summed E-state index contributed by atoms with van der Waals surface area (Å²) in [5.41, 5.74) is 3.09. The molecule has 0 bridgehead atoms. The predicted molar refractivity (Wildman–Crippen MR) is 104 cm³/mol. The fourth-order valence-electron chi connectivity index (χ4n) is 4.74. The first kappa shape index (κ1) is 19.4. The molecule has 0 radical (unpaired) electrons. The van der Waals surface area contributed by atoms with Crippen molar-refractivity contribution in [1.82, 2.24) is 25.3 Å². The number of aryl methyl sites for hydroxylation is 2. The smallest absolute Gasteiger partial charge is 0.227 e. The van der Waals surface area contributed by atoms with Gasteiger partial charge in [-0.3, -0.25) is 14.8 Å². The number of nitrogens with zero attached hydrogens (tertiary/aromatic N) is 3. The third-order valence-electron chi connectivity index (χ3n) is 6.55. The molecule has 6 nitrogen and oxygen atoms in total. The summed E-state index contributed by atoms with van der Waals surface area (Å²) in [5.74, 6) is -0.0497. The summed E-state index contributed by atoms with van der Waals surface area (Å²) >= 11 is 0. The molecule has 2 N–H and O–H groups in total. The molecule has 1 unspecified atom stereocenters. The van der Waals surface area contributed by atoms with Crippen molar-refractivity contribution in [3.05, 3.63) is 17.0 Å². The monoisotopic (exact) mass is 361 g/mol. The summed E-state index contributed by atoms with van der Waals surface area (Å²) in [6, 6.07) is 0. The molecule has 3 heterocycles. The molecule has 6 heteroatoms. The lowest BCUT2D eigenvalue weighted by Crippen LogP contribution is -2.61. The van der Waals surface area contributed by atoms with Crippen LogP contribution in [-0.4, -0.2) is 71.2 Å². The summed E-state index contributed by atoms with van der Waals surface area (Å²) in [7, 11) is 2.20. The highest BCUT2D eigenvalue weighted by molar-refractivity contribution is 5.83. The maximum Gasteiger partial charge on any atom is 0.227 e. The standard InChI is InChI=1S/C20H35N5O/c1-15(18-16(2)22-23-17(18)3)19(26)21-14-20(8-12-24(4)13-9-20)25-10-6-5-7-11-25/h15H,5-14H2,1-4H3,(H,21,26)(H,22,23). The zero-order valence-corrected chi connectivity index (χ0v) is 16.9. The Morgan fingerprint density at radius 3 is 2.42 bits per heavy atom. The Bertz CT molecular complexity index is 592. The number of carbonyl (C=O) groups is 1. The number of likely N-dealkylation sites (tertiary alicyclic amines) is 2. The van der Waals surface area contributed by atoms with Crippen molar-refractivity contribution in [3.8, 4) is 0 Å². The molecule has 0 saturated carbocycles. The first-order valence-electron chi connectivity index (χ1n) is 10.2. The zero-order valence-electron chi connectivity index (χ0n) is 16.9. The SMILES string of the molecule is Cc1n[nH]c(C)c1C(C)C(=O)NCC1(N2CCCCC2)CCN(C)CC1. The largest absolute Gasteiger partial charge is 0.354 e. The highest BCUT2D eigenvalue weighted by Gasteiger charge is 2.40. The first-order chi connectivity index (χ1) is 12.4. The summed E-state index contributed by atoms with van der Waals surface area (Å²) in [5, 5.41) is 10.6. The summed E-state index contributed by atoms with van der Waals surface area (Å²) in [4.78, 5) is 18.0. The molecule has 146 valence electrons. The molecule has 26 heavy (non-hydrogen) atoms. The topological polar surface area (TPSA) is 64.3 Å². The number of piperidine rings is 2. The van der Waals surface area contributed by atoms with Crippen LogP contribution in [0.1, 0.15) is 61.9 Å². The zero-order chi connectivity index (χ0) is 18.7. The average Bonchev–Trinajstić information content (AvgIpc) is 3.00. The second-order valence-electron chi connectivity index (χ2n) is 8.36. The van der Waals surface area contributed by atoms with Crippen molar-refractivity contribution in [2.45, 2.75) is 64.3 Å². The van der Waals surface area contributed by atoms with Gasteiger partial charge in [-0.05, 0) is 79.7 Å². The molecule has 1 atom stereocenters. The van der Waals surface area contributed by atoms with Gasteiger partial charge in [0.05, 0.1) is 11.6 Å². The van der Waals surface area contributed by atoms with E-state index in [2.05, 4.69) is 32.4 Å². The van der Waals surface area contributed by atoms with Crippen molar-refractivity contribution in [2.75, 3.05) is 39.8 Å². The Balaban J connectivity index is 1.68. The van der Waals surface area contributed by atoms with Crippen molar-refractivity contribution in [2.24, 2.45) is 0 Å². The Morgan fingerprint density at radius 2 is 1.85 bits per heavy atom. The van der Waals surface area contributed by atoms with Crippen LogP contribution in [0.25, 0.3) is 0 Å². The third kappa shape index (κ3) is 3.96. The van der Waals surface area contributed by atoms with Gasteiger partial charge in [-0.25, -0.2) is 0 Å². The molecule has 2 fully saturated rings. The van der Waals surface area contributed by atoms with Gasteiger partial charge in [0.2, 0.25) is 5.91 Å². The van der Waals surface area contributed by atoms with E-state index in [1.807, 2.05) is 20.8 Å². The molecule has 1 amide bonds. The van der Waals surface area contributed by atoms with Gasteiger partial charge < -0.3 is 10.2 Å². The first-order valence-corrected chi connectivity index (χ1v) is 10.2. The van der Waals surface area contributed by atoms with Crippen molar-refractivity contribution in [1.29, 1.82) is 0 Å². The van der Waals surface area contributed by atoms with E-state index in [1.54, 1.807) is 0 Å². The van der Waals surface area contributed by atoms with Crippen LogP contribution in [0.15, 0.2) is 0 Å². The molecule has 0 aromatic carbocycles. The normalized spacial score (nSPS) is 22.9. The third-order valence-corrected chi connectivity index (χ3v) is 6.55. The Morgan fingerprint density at radius 1 is 1.19 bits per heavy atom. The minimum absolute atomic E-state index is 0.118. The van der Waals surface area contributed by atoms with E-state index in [-0.39, 0.29) is 17.4 Å². The maximum atomic E-state index is 12.9. The van der Waals surface area contributed by atoms with E-state index in [0.29, 0.717) is 0 Å². The van der Waals surface area contributed by atoms with Crippen molar-refractivity contribution in [3.63, 3.8) is 0 Å². The van der Waals surface area contributed by atoms with E-state index in [4.69, 9.17) is 0 Å². The van der Waals surface area contributed by atoms with Gasteiger partial charge in [-0.1, -0.05) is 6.42 Å². The van der Waals surface area contributed by atoms with Crippen molar-refractivity contribution < 1.29 is 4.79 Å². The van der Waals surface area contributed by atoms with Gasteiger partial charge in [0.1, 0.15) is 0 Å². The number of nitrogens with one attached hydrogen (secondary N) is 2. The van der Waals surface area contributed by atoms with Crippen LogP contribution in [0.2, 0.25) is 0 Å². The van der Waals surface area contributed by atoms with E-state index in [1.165, 1.54) is 32.4 Å². The minimum atomic E-state index is -0.168. The molecule has 1 aromatic heterocycles. The lowest BCUT2D eigenvalue weighted by atomic mass is 9.83. The lowest BCUT2D eigenvalue weighted by Gasteiger charge is -2.50. The van der Waals surface area contributed by atoms with Crippen LogP contribution in [0, 0.1) is 13.8 Å².